The van der Waals surface area contributed by atoms with Gasteiger partial charge in [0.15, 0.2) is 4.90 Å². The largest absolute Gasteiger partial charge is 0.612 e. The fourth-order valence-electron chi connectivity index (χ4n) is 4.24. The molecule has 1 aliphatic heterocycles. The summed E-state index contributed by atoms with van der Waals surface area (Å²) in [6, 6.07) is 7.93. The summed E-state index contributed by atoms with van der Waals surface area (Å²) in [6.45, 7) is 1.85. The van der Waals surface area contributed by atoms with Gasteiger partial charge in [0, 0.05) is 24.0 Å². The number of carbonyl (C=O) groups excluding carboxylic acids is 1. The Morgan fingerprint density at radius 2 is 1.83 bits per heavy atom. The SMILES string of the molecule is Cc1ncc(-c2ccc3c(c2)N(c2cncc([S+](C)[O-])c2)C(=O)C32CCC2)cn1. The van der Waals surface area contributed by atoms with Crippen molar-refractivity contribution in [2.45, 2.75) is 36.5 Å². The van der Waals surface area contributed by atoms with E-state index >= 15 is 0 Å². The lowest BCUT2D eigenvalue weighted by atomic mass is 9.65. The Kier molecular flexibility index (Phi) is 4.18. The van der Waals surface area contributed by atoms with Gasteiger partial charge < -0.3 is 4.55 Å². The highest BCUT2D eigenvalue weighted by Crippen LogP contribution is 2.56. The zero-order valence-electron chi connectivity index (χ0n) is 16.3. The van der Waals surface area contributed by atoms with Gasteiger partial charge in [-0.1, -0.05) is 18.6 Å². The van der Waals surface area contributed by atoms with E-state index in [0.717, 1.165) is 47.5 Å². The molecule has 0 N–H and O–H groups in total. The highest BCUT2D eigenvalue weighted by molar-refractivity contribution is 7.90. The molecule has 146 valence electrons. The summed E-state index contributed by atoms with van der Waals surface area (Å²) in [5.74, 6) is 0.799. The Balaban J connectivity index is 1.66. The second kappa shape index (κ2) is 6.64. The number of carbonyl (C=O) groups is 1. The van der Waals surface area contributed by atoms with Crippen LogP contribution in [0.1, 0.15) is 30.7 Å². The maximum atomic E-state index is 13.5. The fraction of sp³-hybridized carbons (Fsp3) is 0.273. The summed E-state index contributed by atoms with van der Waals surface area (Å²) < 4.78 is 12.0. The van der Waals surface area contributed by atoms with Crippen LogP contribution in [-0.2, 0) is 21.4 Å². The fourth-order valence-corrected chi connectivity index (χ4v) is 4.73. The third-order valence-corrected chi connectivity index (χ3v) is 6.86. The molecule has 5 rings (SSSR count). The van der Waals surface area contributed by atoms with Crippen molar-refractivity contribution in [3.8, 4) is 11.1 Å². The van der Waals surface area contributed by atoms with E-state index in [-0.39, 0.29) is 5.91 Å². The number of amides is 1. The van der Waals surface area contributed by atoms with Gasteiger partial charge in [0.1, 0.15) is 12.1 Å². The van der Waals surface area contributed by atoms with Crippen LogP contribution in [0.4, 0.5) is 11.4 Å². The van der Waals surface area contributed by atoms with Gasteiger partial charge in [-0.15, -0.1) is 0 Å². The van der Waals surface area contributed by atoms with Crippen LogP contribution in [-0.4, -0.2) is 31.7 Å². The van der Waals surface area contributed by atoms with Crippen molar-refractivity contribution in [2.75, 3.05) is 11.2 Å². The normalized spacial score (nSPS) is 17.9. The summed E-state index contributed by atoms with van der Waals surface area (Å²) >= 11 is -1.17. The van der Waals surface area contributed by atoms with E-state index in [4.69, 9.17) is 0 Å². The zero-order valence-corrected chi connectivity index (χ0v) is 17.1. The summed E-state index contributed by atoms with van der Waals surface area (Å²) in [7, 11) is 0. The Morgan fingerprint density at radius 1 is 1.07 bits per heavy atom. The number of anilines is 2. The van der Waals surface area contributed by atoms with Crippen molar-refractivity contribution in [1.29, 1.82) is 0 Å². The van der Waals surface area contributed by atoms with E-state index in [0.29, 0.717) is 10.6 Å². The molecule has 2 aliphatic rings. The van der Waals surface area contributed by atoms with E-state index in [1.165, 1.54) is 0 Å². The molecular weight excluding hydrogens is 384 g/mol. The predicted molar refractivity (Wildman–Crippen MR) is 111 cm³/mol. The third kappa shape index (κ3) is 2.76. The van der Waals surface area contributed by atoms with Gasteiger partial charge in [-0.25, -0.2) is 9.97 Å². The molecule has 1 unspecified atom stereocenters. The second-order valence-corrected chi connectivity index (χ2v) is 9.04. The van der Waals surface area contributed by atoms with Crippen LogP contribution >= 0.6 is 0 Å². The first kappa shape index (κ1) is 18.3. The molecule has 1 spiro atoms. The van der Waals surface area contributed by atoms with Gasteiger partial charge in [0.2, 0.25) is 5.91 Å². The number of nitrogens with zero attached hydrogens (tertiary/aromatic N) is 4. The quantitative estimate of drug-likeness (QED) is 0.622. The molecule has 3 heterocycles. The molecular formula is C22H20N4O2S. The average molecular weight is 404 g/mol. The number of fused-ring (bicyclic) bond motifs is 2. The van der Waals surface area contributed by atoms with Crippen LogP contribution < -0.4 is 4.90 Å². The van der Waals surface area contributed by atoms with E-state index in [1.807, 2.05) is 19.1 Å². The molecule has 7 heteroatoms. The van der Waals surface area contributed by atoms with Crippen LogP contribution in [0.3, 0.4) is 0 Å². The number of benzene rings is 1. The average Bonchev–Trinajstić information content (AvgIpc) is 2.96. The highest BCUT2D eigenvalue weighted by atomic mass is 32.2. The van der Waals surface area contributed by atoms with Crippen LogP contribution in [0.2, 0.25) is 0 Å². The van der Waals surface area contributed by atoms with Crippen LogP contribution in [0.15, 0.2) is 53.9 Å². The lowest BCUT2D eigenvalue weighted by Gasteiger charge is -2.37. The maximum absolute atomic E-state index is 13.5. The molecule has 1 saturated carbocycles. The minimum absolute atomic E-state index is 0.0805. The van der Waals surface area contributed by atoms with Crippen LogP contribution in [0.25, 0.3) is 11.1 Å². The summed E-state index contributed by atoms with van der Waals surface area (Å²) in [4.78, 5) is 28.7. The van der Waals surface area contributed by atoms with Crippen molar-refractivity contribution in [3.05, 3.63) is 60.4 Å². The van der Waals surface area contributed by atoms with Gasteiger partial charge in [-0.3, -0.25) is 14.7 Å². The smallest absolute Gasteiger partial charge is 0.242 e. The van der Waals surface area contributed by atoms with Gasteiger partial charge in [-0.2, -0.15) is 0 Å². The molecule has 1 fully saturated rings. The molecule has 0 bridgehead atoms. The van der Waals surface area contributed by atoms with E-state index < -0.39 is 16.6 Å². The zero-order chi connectivity index (χ0) is 20.2. The number of pyridine rings is 1. The molecule has 1 amide bonds. The maximum Gasteiger partial charge on any atom is 0.242 e. The molecule has 1 aliphatic carbocycles. The lowest BCUT2D eigenvalue weighted by Crippen LogP contribution is -2.43. The Bertz CT molecular complexity index is 1110. The molecule has 0 radical (unpaired) electrons. The summed E-state index contributed by atoms with van der Waals surface area (Å²) in [5, 5.41) is 0. The first-order valence-corrected chi connectivity index (χ1v) is 11.1. The number of aromatic nitrogens is 3. The molecule has 0 saturated heterocycles. The second-order valence-electron chi connectivity index (χ2n) is 7.66. The monoisotopic (exact) mass is 404 g/mol. The highest BCUT2D eigenvalue weighted by Gasteiger charge is 2.55. The van der Waals surface area contributed by atoms with E-state index in [9.17, 15) is 9.35 Å². The van der Waals surface area contributed by atoms with Gasteiger partial charge in [-0.05, 0) is 48.1 Å². The standard InChI is InChI=1S/C22H20N4O2S/c1-14-24-10-16(11-25-14)15-4-5-19-20(8-15)26(21(27)22(19)6-3-7-22)17-9-18(29(2)28)13-23-12-17/h4-5,8-13H,3,6-7H2,1-2H3. The van der Waals surface area contributed by atoms with Gasteiger partial charge in [0.25, 0.3) is 0 Å². The van der Waals surface area contributed by atoms with Crippen molar-refractivity contribution in [1.82, 2.24) is 15.0 Å². The van der Waals surface area contributed by atoms with Crippen molar-refractivity contribution < 1.29 is 9.35 Å². The topological polar surface area (TPSA) is 82.0 Å². The summed E-state index contributed by atoms with van der Waals surface area (Å²) in [6.07, 6.45) is 11.2. The molecule has 3 aromatic rings. The Morgan fingerprint density at radius 3 is 2.48 bits per heavy atom. The number of hydrogen-bond acceptors (Lipinski definition) is 5. The Hall–Kier alpha value is -2.77. The lowest BCUT2D eigenvalue weighted by molar-refractivity contribution is -0.125. The molecule has 1 aromatic carbocycles. The number of hydrogen-bond donors (Lipinski definition) is 0. The van der Waals surface area contributed by atoms with E-state index in [1.54, 1.807) is 42.0 Å². The van der Waals surface area contributed by atoms with Crippen molar-refractivity contribution >= 4 is 28.5 Å². The predicted octanol–water partition coefficient (Wildman–Crippen LogP) is 3.68. The third-order valence-electron chi connectivity index (χ3n) is 5.98. The minimum Gasteiger partial charge on any atom is -0.612 e. The first-order chi connectivity index (χ1) is 14.0. The molecule has 6 nitrogen and oxygen atoms in total. The molecule has 1 atom stereocenters. The molecule has 2 aromatic heterocycles. The molecule has 29 heavy (non-hydrogen) atoms. The minimum atomic E-state index is -1.17. The van der Waals surface area contributed by atoms with Crippen molar-refractivity contribution in [2.24, 2.45) is 0 Å². The van der Waals surface area contributed by atoms with Crippen LogP contribution in [0.5, 0.6) is 0 Å². The number of aryl methyl sites for hydroxylation is 1. The van der Waals surface area contributed by atoms with E-state index in [2.05, 4.69) is 21.0 Å². The van der Waals surface area contributed by atoms with Crippen molar-refractivity contribution in [3.63, 3.8) is 0 Å². The Labute approximate surface area is 172 Å². The summed E-state index contributed by atoms with van der Waals surface area (Å²) in [5.41, 5.74) is 4.01. The first-order valence-electron chi connectivity index (χ1n) is 9.56. The van der Waals surface area contributed by atoms with Gasteiger partial charge in [0.05, 0.1) is 29.2 Å². The van der Waals surface area contributed by atoms with Crippen LogP contribution in [0, 0.1) is 6.92 Å². The van der Waals surface area contributed by atoms with Gasteiger partial charge >= 0.3 is 0 Å². The number of rotatable bonds is 3.